The Balaban J connectivity index is 1.57. The summed E-state index contributed by atoms with van der Waals surface area (Å²) >= 11 is 1.78. The first-order valence-corrected chi connectivity index (χ1v) is 7.61. The molecule has 0 bridgehead atoms. The van der Waals surface area contributed by atoms with Crippen molar-refractivity contribution in [2.24, 2.45) is 0 Å². The second kappa shape index (κ2) is 8.17. The van der Waals surface area contributed by atoms with Gasteiger partial charge in [0, 0.05) is 22.8 Å². The number of ether oxygens (including phenoxy) is 1. The smallest absolute Gasteiger partial charge is 0.0897 e. The summed E-state index contributed by atoms with van der Waals surface area (Å²) in [5.41, 5.74) is 1.13. The molecule has 0 radical (unpaired) electrons. The van der Waals surface area contributed by atoms with Gasteiger partial charge in [-0.25, -0.2) is 0 Å². The molecule has 3 nitrogen and oxygen atoms in total. The third-order valence-corrected chi connectivity index (χ3v) is 3.90. The quantitative estimate of drug-likeness (QED) is 0.786. The Bertz CT molecular complexity index is 498. The Morgan fingerprint density at radius 1 is 1.20 bits per heavy atom. The van der Waals surface area contributed by atoms with Crippen LogP contribution in [0.15, 0.2) is 42.5 Å². The van der Waals surface area contributed by atoms with Crippen molar-refractivity contribution in [2.75, 3.05) is 13.2 Å². The van der Waals surface area contributed by atoms with Crippen molar-refractivity contribution < 1.29 is 9.84 Å². The molecule has 1 unspecified atom stereocenters. The van der Waals surface area contributed by atoms with Gasteiger partial charge in [-0.05, 0) is 24.6 Å². The first kappa shape index (κ1) is 15.2. The van der Waals surface area contributed by atoms with Crippen LogP contribution in [0.25, 0.3) is 0 Å². The van der Waals surface area contributed by atoms with Crippen molar-refractivity contribution in [2.45, 2.75) is 26.2 Å². The van der Waals surface area contributed by atoms with Crippen LogP contribution in [-0.4, -0.2) is 24.4 Å². The average Bonchev–Trinajstić information content (AvgIpc) is 2.86. The fourth-order valence-corrected chi connectivity index (χ4v) is 2.75. The number of benzene rings is 1. The number of aryl methyl sites for hydroxylation is 1. The molecular formula is C16H21NO2S. The van der Waals surface area contributed by atoms with E-state index in [1.165, 1.54) is 9.75 Å². The molecule has 2 N–H and O–H groups in total. The van der Waals surface area contributed by atoms with E-state index in [1.807, 2.05) is 30.3 Å². The lowest BCUT2D eigenvalue weighted by Gasteiger charge is -2.12. The zero-order chi connectivity index (χ0) is 14.2. The predicted octanol–water partition coefficient (Wildman–Crippen LogP) is 2.72. The molecule has 0 saturated heterocycles. The standard InChI is InChI=1S/C16H21NO2S/c1-13-7-8-16(20-13)10-17-9-15(18)12-19-11-14-5-3-2-4-6-14/h2-8,15,17-18H,9-12H2,1H3. The second-order valence-corrected chi connectivity index (χ2v) is 6.17. The van der Waals surface area contributed by atoms with Gasteiger partial charge < -0.3 is 15.2 Å². The molecule has 2 rings (SSSR count). The highest BCUT2D eigenvalue weighted by molar-refractivity contribution is 7.11. The molecule has 0 saturated carbocycles. The molecule has 0 amide bonds. The highest BCUT2D eigenvalue weighted by Gasteiger charge is 2.04. The maximum Gasteiger partial charge on any atom is 0.0897 e. The van der Waals surface area contributed by atoms with E-state index < -0.39 is 6.10 Å². The van der Waals surface area contributed by atoms with E-state index >= 15 is 0 Å². The summed E-state index contributed by atoms with van der Waals surface area (Å²) in [5.74, 6) is 0. The lowest BCUT2D eigenvalue weighted by atomic mass is 10.2. The monoisotopic (exact) mass is 291 g/mol. The largest absolute Gasteiger partial charge is 0.389 e. The molecule has 4 heteroatoms. The summed E-state index contributed by atoms with van der Waals surface area (Å²) in [4.78, 5) is 2.61. The molecule has 108 valence electrons. The van der Waals surface area contributed by atoms with Gasteiger partial charge in [0.2, 0.25) is 0 Å². The van der Waals surface area contributed by atoms with Crippen molar-refractivity contribution in [3.05, 3.63) is 57.8 Å². The number of hydrogen-bond donors (Lipinski definition) is 2. The van der Waals surface area contributed by atoms with Crippen molar-refractivity contribution in [1.29, 1.82) is 0 Å². The molecule has 20 heavy (non-hydrogen) atoms. The van der Waals surface area contributed by atoms with Gasteiger partial charge in [0.05, 0.1) is 19.3 Å². The molecule has 0 aliphatic carbocycles. The molecular weight excluding hydrogens is 270 g/mol. The number of aliphatic hydroxyl groups is 1. The topological polar surface area (TPSA) is 41.5 Å². The van der Waals surface area contributed by atoms with Crippen molar-refractivity contribution in [1.82, 2.24) is 5.32 Å². The van der Waals surface area contributed by atoms with Crippen LogP contribution in [-0.2, 0) is 17.9 Å². The van der Waals surface area contributed by atoms with E-state index in [2.05, 4.69) is 24.4 Å². The van der Waals surface area contributed by atoms with E-state index in [9.17, 15) is 5.11 Å². The van der Waals surface area contributed by atoms with Crippen LogP contribution < -0.4 is 5.32 Å². The zero-order valence-corrected chi connectivity index (χ0v) is 12.5. The van der Waals surface area contributed by atoms with Gasteiger partial charge in [-0.1, -0.05) is 30.3 Å². The second-order valence-electron chi connectivity index (χ2n) is 4.80. The van der Waals surface area contributed by atoms with Gasteiger partial charge in [-0.3, -0.25) is 0 Å². The fourth-order valence-electron chi connectivity index (χ4n) is 1.89. The predicted molar refractivity (Wildman–Crippen MR) is 82.9 cm³/mol. The molecule has 0 aliphatic rings. The lowest BCUT2D eigenvalue weighted by Crippen LogP contribution is -2.29. The number of aliphatic hydroxyl groups excluding tert-OH is 1. The summed E-state index contributed by atoms with van der Waals surface area (Å²) in [5, 5.41) is 13.1. The highest BCUT2D eigenvalue weighted by atomic mass is 32.1. The van der Waals surface area contributed by atoms with Gasteiger partial charge in [0.15, 0.2) is 0 Å². The SMILES string of the molecule is Cc1ccc(CNCC(O)COCc2ccccc2)s1. The number of rotatable bonds is 8. The summed E-state index contributed by atoms with van der Waals surface area (Å²) in [6, 6.07) is 14.2. The minimum absolute atomic E-state index is 0.353. The number of nitrogens with one attached hydrogen (secondary N) is 1. The number of thiophene rings is 1. The maximum atomic E-state index is 9.83. The Kier molecular flexibility index (Phi) is 6.21. The fraction of sp³-hybridized carbons (Fsp3) is 0.375. The van der Waals surface area contributed by atoms with Gasteiger partial charge in [0.1, 0.15) is 0 Å². The summed E-state index contributed by atoms with van der Waals surface area (Å²) in [7, 11) is 0. The summed E-state index contributed by atoms with van der Waals surface area (Å²) in [6.45, 7) is 4.34. The Morgan fingerprint density at radius 3 is 2.70 bits per heavy atom. The van der Waals surface area contributed by atoms with Crippen molar-refractivity contribution in [3.63, 3.8) is 0 Å². The molecule has 2 aromatic rings. The molecule has 1 atom stereocenters. The third kappa shape index (κ3) is 5.43. The van der Waals surface area contributed by atoms with Crippen LogP contribution in [0.4, 0.5) is 0 Å². The van der Waals surface area contributed by atoms with E-state index in [0.29, 0.717) is 19.8 Å². The summed E-state index contributed by atoms with van der Waals surface area (Å²) < 4.78 is 5.50. The third-order valence-electron chi connectivity index (χ3n) is 2.90. The molecule has 1 aromatic heterocycles. The molecule has 0 spiro atoms. The van der Waals surface area contributed by atoms with E-state index in [4.69, 9.17) is 4.74 Å². The Hall–Kier alpha value is -1.20. The summed E-state index contributed by atoms with van der Waals surface area (Å²) in [6.07, 6.45) is -0.472. The number of hydrogen-bond acceptors (Lipinski definition) is 4. The minimum atomic E-state index is -0.472. The molecule has 1 aromatic carbocycles. The maximum absolute atomic E-state index is 9.83. The molecule has 0 aliphatic heterocycles. The van der Waals surface area contributed by atoms with Gasteiger partial charge >= 0.3 is 0 Å². The Morgan fingerprint density at radius 2 is 2.00 bits per heavy atom. The van der Waals surface area contributed by atoms with E-state index in [-0.39, 0.29) is 0 Å². The first-order chi connectivity index (χ1) is 9.74. The Labute approximate surface area is 124 Å². The van der Waals surface area contributed by atoms with Gasteiger partial charge in [0.25, 0.3) is 0 Å². The van der Waals surface area contributed by atoms with Crippen LogP contribution in [0.2, 0.25) is 0 Å². The van der Waals surface area contributed by atoms with Gasteiger partial charge in [-0.15, -0.1) is 11.3 Å². The van der Waals surface area contributed by atoms with Crippen molar-refractivity contribution >= 4 is 11.3 Å². The van der Waals surface area contributed by atoms with Crippen LogP contribution in [0.5, 0.6) is 0 Å². The van der Waals surface area contributed by atoms with Crippen LogP contribution in [0.3, 0.4) is 0 Å². The average molecular weight is 291 g/mol. The van der Waals surface area contributed by atoms with Crippen molar-refractivity contribution in [3.8, 4) is 0 Å². The zero-order valence-electron chi connectivity index (χ0n) is 11.7. The normalized spacial score (nSPS) is 12.5. The van der Waals surface area contributed by atoms with E-state index in [0.717, 1.165) is 12.1 Å². The van der Waals surface area contributed by atoms with E-state index in [1.54, 1.807) is 11.3 Å². The van der Waals surface area contributed by atoms with Gasteiger partial charge in [-0.2, -0.15) is 0 Å². The molecule has 0 fully saturated rings. The van der Waals surface area contributed by atoms with Crippen LogP contribution >= 0.6 is 11.3 Å². The van der Waals surface area contributed by atoms with Crippen LogP contribution in [0, 0.1) is 6.92 Å². The minimum Gasteiger partial charge on any atom is -0.389 e. The first-order valence-electron chi connectivity index (χ1n) is 6.80. The van der Waals surface area contributed by atoms with Crippen LogP contribution in [0.1, 0.15) is 15.3 Å². The lowest BCUT2D eigenvalue weighted by molar-refractivity contribution is 0.0288. The highest BCUT2D eigenvalue weighted by Crippen LogP contribution is 2.14. The molecule has 1 heterocycles.